The predicted octanol–water partition coefficient (Wildman–Crippen LogP) is 1.93. The van der Waals surface area contributed by atoms with Crippen LogP contribution in [0.5, 0.6) is 0 Å². The van der Waals surface area contributed by atoms with Gasteiger partial charge in [-0.1, -0.05) is 34.8 Å². The van der Waals surface area contributed by atoms with Crippen molar-refractivity contribution in [1.29, 1.82) is 0 Å². The van der Waals surface area contributed by atoms with Gasteiger partial charge < -0.3 is 20.5 Å². The van der Waals surface area contributed by atoms with Gasteiger partial charge in [-0.15, -0.1) is 0 Å². The summed E-state index contributed by atoms with van der Waals surface area (Å²) < 4.78 is 9.75. The summed E-state index contributed by atoms with van der Waals surface area (Å²) in [5.74, 6) is -1.43. The van der Waals surface area contributed by atoms with E-state index in [4.69, 9.17) is 50.0 Å². The molecule has 0 fully saturated rings. The van der Waals surface area contributed by atoms with Crippen LogP contribution in [0, 0.1) is 0 Å². The number of rotatable bonds is 6. The van der Waals surface area contributed by atoms with E-state index in [2.05, 4.69) is 10.3 Å². The van der Waals surface area contributed by atoms with Crippen molar-refractivity contribution >= 4 is 52.4 Å². The summed E-state index contributed by atoms with van der Waals surface area (Å²) in [6, 6.07) is 0. The standard InChI is InChI=1S/C12H14Cl3N3O4/c1-5(11(19)17-3-4-21-2)22-12(20)9-6(13)8(16)7(14)10(15)18-9/h5H,3-4H2,1-2H3,(H2,16,18)(H,17,19)/t5-/m0/s1. The quantitative estimate of drug-likeness (QED) is 0.450. The first kappa shape index (κ1) is 18.8. The van der Waals surface area contributed by atoms with Crippen LogP contribution < -0.4 is 11.1 Å². The van der Waals surface area contributed by atoms with Gasteiger partial charge in [0.05, 0.1) is 17.3 Å². The van der Waals surface area contributed by atoms with E-state index in [1.165, 1.54) is 14.0 Å². The number of carbonyl (C=O) groups excluding carboxylic acids is 2. The summed E-state index contributed by atoms with van der Waals surface area (Å²) in [7, 11) is 1.50. The van der Waals surface area contributed by atoms with E-state index in [0.29, 0.717) is 6.61 Å². The zero-order valence-corrected chi connectivity index (χ0v) is 14.1. The van der Waals surface area contributed by atoms with Crippen molar-refractivity contribution in [1.82, 2.24) is 10.3 Å². The number of pyridine rings is 1. The number of nitrogens with zero attached hydrogens (tertiary/aromatic N) is 1. The molecule has 1 rings (SSSR count). The number of anilines is 1. The molecule has 0 radical (unpaired) electrons. The zero-order chi connectivity index (χ0) is 16.9. The molecule has 0 saturated carbocycles. The molecule has 0 spiro atoms. The Labute approximate surface area is 142 Å². The highest BCUT2D eigenvalue weighted by Gasteiger charge is 2.24. The van der Waals surface area contributed by atoms with Crippen LogP contribution in [-0.2, 0) is 14.3 Å². The molecule has 0 aliphatic heterocycles. The Kier molecular flexibility index (Phi) is 7.15. The van der Waals surface area contributed by atoms with E-state index in [-0.39, 0.29) is 33.1 Å². The first-order valence-electron chi connectivity index (χ1n) is 6.07. The maximum Gasteiger partial charge on any atom is 0.359 e. The van der Waals surface area contributed by atoms with Crippen molar-refractivity contribution in [3.8, 4) is 0 Å². The average molecular weight is 371 g/mol. The third-order valence-corrected chi connectivity index (χ3v) is 3.66. The van der Waals surface area contributed by atoms with E-state index < -0.39 is 18.0 Å². The predicted molar refractivity (Wildman–Crippen MR) is 83.4 cm³/mol. The molecule has 1 atom stereocenters. The third kappa shape index (κ3) is 4.61. The van der Waals surface area contributed by atoms with E-state index >= 15 is 0 Å². The lowest BCUT2D eigenvalue weighted by atomic mass is 10.3. The molecular weight excluding hydrogens is 357 g/mol. The molecule has 122 valence electrons. The van der Waals surface area contributed by atoms with Crippen LogP contribution in [0.3, 0.4) is 0 Å². The third-order valence-electron chi connectivity index (χ3n) is 2.52. The van der Waals surface area contributed by atoms with Gasteiger partial charge >= 0.3 is 5.97 Å². The van der Waals surface area contributed by atoms with Crippen molar-refractivity contribution in [2.45, 2.75) is 13.0 Å². The van der Waals surface area contributed by atoms with Crippen LogP contribution in [0.2, 0.25) is 15.2 Å². The average Bonchev–Trinajstić information content (AvgIpc) is 2.48. The minimum Gasteiger partial charge on any atom is -0.448 e. The SMILES string of the molecule is COCCNC(=O)[C@H](C)OC(=O)c1nc(Cl)c(Cl)c(N)c1Cl. The summed E-state index contributed by atoms with van der Waals surface area (Å²) in [5.41, 5.74) is 5.20. The maximum atomic E-state index is 12.0. The van der Waals surface area contributed by atoms with Crippen LogP contribution in [0.4, 0.5) is 5.69 Å². The van der Waals surface area contributed by atoms with Gasteiger partial charge in [0.2, 0.25) is 0 Å². The summed E-state index contributed by atoms with van der Waals surface area (Å²) in [5, 5.41) is 2.08. The van der Waals surface area contributed by atoms with E-state index in [1.54, 1.807) is 0 Å². The molecule has 10 heteroatoms. The molecular formula is C12H14Cl3N3O4. The summed E-state index contributed by atoms with van der Waals surface area (Å²) in [6.45, 7) is 2.02. The molecule has 3 N–H and O–H groups in total. The normalized spacial score (nSPS) is 11.9. The van der Waals surface area contributed by atoms with E-state index in [0.717, 1.165) is 0 Å². The van der Waals surface area contributed by atoms with Crippen molar-refractivity contribution in [3.05, 3.63) is 20.9 Å². The number of nitrogen functional groups attached to an aromatic ring is 1. The number of esters is 1. The highest BCUT2D eigenvalue weighted by Crippen LogP contribution is 2.34. The van der Waals surface area contributed by atoms with Gasteiger partial charge in [-0.3, -0.25) is 4.79 Å². The minimum atomic E-state index is -1.06. The lowest BCUT2D eigenvalue weighted by molar-refractivity contribution is -0.129. The number of ether oxygens (including phenoxy) is 2. The van der Waals surface area contributed by atoms with Crippen molar-refractivity contribution in [2.75, 3.05) is 26.0 Å². The summed E-state index contributed by atoms with van der Waals surface area (Å²) in [6.07, 6.45) is -1.06. The van der Waals surface area contributed by atoms with Gasteiger partial charge in [0.15, 0.2) is 17.0 Å². The number of nitrogens with two attached hydrogens (primary N) is 1. The first-order valence-corrected chi connectivity index (χ1v) is 7.20. The highest BCUT2D eigenvalue weighted by atomic mass is 35.5. The van der Waals surface area contributed by atoms with Crippen LogP contribution in [-0.4, -0.2) is 43.2 Å². The second-order valence-electron chi connectivity index (χ2n) is 4.12. The van der Waals surface area contributed by atoms with Gasteiger partial charge in [-0.05, 0) is 6.92 Å². The molecule has 1 aromatic rings. The number of amides is 1. The molecule has 0 unspecified atom stereocenters. The molecule has 1 amide bonds. The summed E-state index contributed by atoms with van der Waals surface area (Å²) in [4.78, 5) is 27.4. The molecule has 1 aromatic heterocycles. The van der Waals surface area contributed by atoms with E-state index in [9.17, 15) is 9.59 Å². The Hall–Kier alpha value is -1.28. The Balaban J connectivity index is 2.79. The number of nitrogens with one attached hydrogen (secondary N) is 1. The minimum absolute atomic E-state index is 0.0615. The van der Waals surface area contributed by atoms with E-state index in [1.807, 2.05) is 0 Å². The van der Waals surface area contributed by atoms with Gasteiger partial charge in [0.25, 0.3) is 5.91 Å². The van der Waals surface area contributed by atoms with Gasteiger partial charge in [0.1, 0.15) is 5.02 Å². The van der Waals surface area contributed by atoms with Gasteiger partial charge in [-0.2, -0.15) is 0 Å². The molecule has 0 aromatic carbocycles. The topological polar surface area (TPSA) is 104 Å². The number of aromatic nitrogens is 1. The monoisotopic (exact) mass is 369 g/mol. The Morgan fingerprint density at radius 3 is 2.55 bits per heavy atom. The Morgan fingerprint density at radius 1 is 1.32 bits per heavy atom. The highest BCUT2D eigenvalue weighted by molar-refractivity contribution is 6.46. The second-order valence-corrected chi connectivity index (χ2v) is 5.24. The number of hydrogen-bond acceptors (Lipinski definition) is 6. The lowest BCUT2D eigenvalue weighted by Gasteiger charge is -2.14. The maximum absolute atomic E-state index is 12.0. The second kappa shape index (κ2) is 8.38. The van der Waals surface area contributed by atoms with Crippen molar-refractivity contribution in [3.63, 3.8) is 0 Å². The van der Waals surface area contributed by atoms with Gasteiger partial charge in [-0.25, -0.2) is 9.78 Å². The smallest absolute Gasteiger partial charge is 0.359 e. The molecule has 0 bridgehead atoms. The first-order chi connectivity index (χ1) is 10.3. The van der Waals surface area contributed by atoms with Gasteiger partial charge in [0, 0.05) is 13.7 Å². The molecule has 0 aliphatic rings. The largest absolute Gasteiger partial charge is 0.448 e. The fourth-order valence-corrected chi connectivity index (χ4v) is 1.94. The number of carbonyl (C=O) groups is 2. The molecule has 0 saturated heterocycles. The van der Waals surface area contributed by atoms with Crippen LogP contribution in [0.25, 0.3) is 0 Å². The van der Waals surface area contributed by atoms with Crippen molar-refractivity contribution < 1.29 is 19.1 Å². The number of methoxy groups -OCH3 is 1. The van der Waals surface area contributed by atoms with Crippen LogP contribution in [0.1, 0.15) is 17.4 Å². The molecule has 7 nitrogen and oxygen atoms in total. The summed E-state index contributed by atoms with van der Waals surface area (Å²) >= 11 is 17.4. The zero-order valence-electron chi connectivity index (χ0n) is 11.8. The fraction of sp³-hybridized carbons (Fsp3) is 0.417. The Bertz CT molecular complexity index is 583. The van der Waals surface area contributed by atoms with Crippen molar-refractivity contribution in [2.24, 2.45) is 0 Å². The number of hydrogen-bond donors (Lipinski definition) is 2. The number of halogens is 3. The Morgan fingerprint density at radius 2 is 1.95 bits per heavy atom. The van der Waals surface area contributed by atoms with Crippen LogP contribution >= 0.6 is 34.8 Å². The molecule has 1 heterocycles. The fourth-order valence-electron chi connectivity index (χ4n) is 1.36. The molecule has 22 heavy (non-hydrogen) atoms. The molecule has 0 aliphatic carbocycles. The lowest BCUT2D eigenvalue weighted by Crippen LogP contribution is -2.37. The van der Waals surface area contributed by atoms with Crippen LogP contribution in [0.15, 0.2) is 0 Å².